The van der Waals surface area contributed by atoms with Crippen molar-refractivity contribution in [2.75, 3.05) is 36.5 Å². The maximum Gasteiger partial charge on any atom is 0.263 e. The lowest BCUT2D eigenvalue weighted by molar-refractivity contribution is 0.122. The number of benzene rings is 1. The smallest absolute Gasteiger partial charge is 0.263 e. The summed E-state index contributed by atoms with van der Waals surface area (Å²) in [5.41, 5.74) is 2.67. The van der Waals surface area contributed by atoms with E-state index in [1.54, 1.807) is 4.68 Å². The summed E-state index contributed by atoms with van der Waals surface area (Å²) in [6.45, 7) is 5.00. The van der Waals surface area contributed by atoms with E-state index in [4.69, 9.17) is 9.72 Å². The highest BCUT2D eigenvalue weighted by Crippen LogP contribution is 2.22. The summed E-state index contributed by atoms with van der Waals surface area (Å²) in [7, 11) is 0. The number of H-pyrrole nitrogens is 1. The van der Waals surface area contributed by atoms with Gasteiger partial charge < -0.3 is 15.0 Å². The molecule has 9 nitrogen and oxygen atoms in total. The molecule has 0 radical (unpaired) electrons. The second-order valence-electron chi connectivity index (χ2n) is 7.07. The van der Waals surface area contributed by atoms with Crippen molar-refractivity contribution in [3.05, 3.63) is 64.7 Å². The summed E-state index contributed by atoms with van der Waals surface area (Å²) in [5, 5.41) is 7.96. The average Bonchev–Trinajstić information content (AvgIpc) is 3.21. The van der Waals surface area contributed by atoms with Crippen LogP contribution in [0, 0.1) is 6.92 Å². The maximum atomic E-state index is 12.6. The lowest BCUT2D eigenvalue weighted by Gasteiger charge is -2.28. The first kappa shape index (κ1) is 18.3. The van der Waals surface area contributed by atoms with Crippen LogP contribution >= 0.6 is 0 Å². The van der Waals surface area contributed by atoms with Gasteiger partial charge in [-0.15, -0.1) is 0 Å². The third-order valence-electron chi connectivity index (χ3n) is 5.10. The fraction of sp³-hybridized carbons (Fsp3) is 0.238. The van der Waals surface area contributed by atoms with E-state index in [1.807, 2.05) is 49.4 Å². The summed E-state index contributed by atoms with van der Waals surface area (Å²) in [5.74, 6) is 1.26. The van der Waals surface area contributed by atoms with E-state index in [1.165, 1.54) is 6.20 Å². The number of anilines is 3. The number of hydrogen-bond donors (Lipinski definition) is 2. The zero-order chi connectivity index (χ0) is 20.5. The van der Waals surface area contributed by atoms with Crippen LogP contribution in [0.5, 0.6) is 0 Å². The number of aryl methyl sites for hydroxylation is 1. The summed E-state index contributed by atoms with van der Waals surface area (Å²) < 4.78 is 7.06. The zero-order valence-electron chi connectivity index (χ0n) is 16.5. The number of nitrogens with one attached hydrogen (secondary N) is 2. The maximum absolute atomic E-state index is 12.6. The van der Waals surface area contributed by atoms with Crippen molar-refractivity contribution in [1.29, 1.82) is 0 Å². The molecule has 1 aliphatic heterocycles. The molecule has 0 amide bonds. The Morgan fingerprint density at radius 1 is 1.07 bits per heavy atom. The lowest BCUT2D eigenvalue weighted by Crippen LogP contribution is -2.36. The molecule has 9 heteroatoms. The van der Waals surface area contributed by atoms with Crippen molar-refractivity contribution in [3.63, 3.8) is 0 Å². The second-order valence-corrected chi connectivity index (χ2v) is 7.07. The van der Waals surface area contributed by atoms with Crippen LogP contribution in [-0.4, -0.2) is 51.0 Å². The molecule has 1 fully saturated rings. The van der Waals surface area contributed by atoms with Gasteiger partial charge in [-0.2, -0.15) is 10.1 Å². The summed E-state index contributed by atoms with van der Waals surface area (Å²) in [6, 6.07) is 13.5. The third kappa shape index (κ3) is 3.39. The Morgan fingerprint density at radius 2 is 1.87 bits per heavy atom. The van der Waals surface area contributed by atoms with Crippen LogP contribution in [0.15, 0.2) is 53.5 Å². The molecule has 0 unspecified atom stereocenters. The van der Waals surface area contributed by atoms with Crippen LogP contribution in [0.3, 0.4) is 0 Å². The van der Waals surface area contributed by atoms with Crippen molar-refractivity contribution >= 4 is 28.5 Å². The highest BCUT2D eigenvalue weighted by atomic mass is 16.5. The van der Waals surface area contributed by atoms with Gasteiger partial charge in [0.05, 0.1) is 36.5 Å². The standard InChI is InChI=1S/C21H21N7O2/c1-14-17(7-8-18(23-14)27-9-11-30-12-10-27)24-21-25-19-16(20(29)26-21)13-22-28(19)15-5-3-2-4-6-15/h2-8,13H,9-12H2,1H3,(H2,24,25,26,29). The quantitative estimate of drug-likeness (QED) is 0.539. The Kier molecular flexibility index (Phi) is 4.64. The minimum Gasteiger partial charge on any atom is -0.378 e. The number of aromatic nitrogens is 5. The van der Waals surface area contributed by atoms with Crippen LogP contribution in [-0.2, 0) is 4.74 Å². The normalized spacial score (nSPS) is 14.2. The molecule has 2 N–H and O–H groups in total. The summed E-state index contributed by atoms with van der Waals surface area (Å²) in [6.07, 6.45) is 1.53. The van der Waals surface area contributed by atoms with Gasteiger partial charge in [0.15, 0.2) is 5.65 Å². The molecule has 3 aromatic heterocycles. The van der Waals surface area contributed by atoms with Crippen molar-refractivity contribution in [3.8, 4) is 5.69 Å². The topological polar surface area (TPSA) is 101 Å². The molecule has 1 aliphatic rings. The van der Waals surface area contributed by atoms with Gasteiger partial charge in [0, 0.05) is 13.1 Å². The first-order valence-electron chi connectivity index (χ1n) is 9.80. The molecule has 1 saturated heterocycles. The largest absolute Gasteiger partial charge is 0.378 e. The molecule has 4 heterocycles. The van der Waals surface area contributed by atoms with E-state index in [-0.39, 0.29) is 5.56 Å². The van der Waals surface area contributed by atoms with Gasteiger partial charge in [-0.1, -0.05) is 18.2 Å². The second kappa shape index (κ2) is 7.60. The van der Waals surface area contributed by atoms with E-state index in [0.29, 0.717) is 30.2 Å². The van der Waals surface area contributed by atoms with Crippen LogP contribution in [0.2, 0.25) is 0 Å². The van der Waals surface area contributed by atoms with Crippen molar-refractivity contribution in [2.45, 2.75) is 6.92 Å². The highest BCUT2D eigenvalue weighted by molar-refractivity contribution is 5.77. The third-order valence-corrected chi connectivity index (χ3v) is 5.10. The van der Waals surface area contributed by atoms with Gasteiger partial charge in [0.1, 0.15) is 11.2 Å². The van der Waals surface area contributed by atoms with Crippen molar-refractivity contribution in [2.24, 2.45) is 0 Å². The Balaban J connectivity index is 1.47. The van der Waals surface area contributed by atoms with Gasteiger partial charge in [0.2, 0.25) is 5.95 Å². The summed E-state index contributed by atoms with van der Waals surface area (Å²) >= 11 is 0. The predicted molar refractivity (Wildman–Crippen MR) is 115 cm³/mol. The molecule has 152 valence electrons. The molecule has 1 aromatic carbocycles. The average molecular weight is 403 g/mol. The predicted octanol–water partition coefficient (Wildman–Crippen LogP) is 2.39. The minimum atomic E-state index is -0.250. The Bertz CT molecular complexity index is 1240. The highest BCUT2D eigenvalue weighted by Gasteiger charge is 2.15. The lowest BCUT2D eigenvalue weighted by atomic mass is 10.3. The molecule has 4 aromatic rings. The van der Waals surface area contributed by atoms with E-state index < -0.39 is 0 Å². The molecular formula is C21H21N7O2. The Hall–Kier alpha value is -3.72. The molecule has 0 spiro atoms. The monoisotopic (exact) mass is 403 g/mol. The molecule has 0 bridgehead atoms. The number of para-hydroxylation sites is 1. The fourth-order valence-corrected chi connectivity index (χ4v) is 3.51. The van der Waals surface area contributed by atoms with E-state index in [2.05, 4.69) is 25.3 Å². The van der Waals surface area contributed by atoms with Crippen LogP contribution in [0.4, 0.5) is 17.5 Å². The van der Waals surface area contributed by atoms with Gasteiger partial charge in [-0.25, -0.2) is 9.67 Å². The molecule has 0 saturated carbocycles. The number of pyridine rings is 1. The number of nitrogens with zero attached hydrogens (tertiary/aromatic N) is 5. The number of hydrogen-bond acceptors (Lipinski definition) is 7. The first-order chi connectivity index (χ1) is 14.7. The number of fused-ring (bicyclic) bond motifs is 1. The Labute approximate surface area is 172 Å². The minimum absolute atomic E-state index is 0.250. The SMILES string of the molecule is Cc1nc(N2CCOCC2)ccc1Nc1nc2c(cnn2-c2ccccc2)c(=O)[nH]1. The molecular weight excluding hydrogens is 382 g/mol. The van der Waals surface area contributed by atoms with Gasteiger partial charge in [-0.3, -0.25) is 9.78 Å². The zero-order valence-corrected chi connectivity index (χ0v) is 16.5. The Morgan fingerprint density at radius 3 is 2.63 bits per heavy atom. The molecule has 0 aliphatic carbocycles. The van der Waals surface area contributed by atoms with Gasteiger partial charge in [0.25, 0.3) is 5.56 Å². The molecule has 5 rings (SSSR count). The molecule has 0 atom stereocenters. The van der Waals surface area contributed by atoms with Crippen molar-refractivity contribution in [1.82, 2.24) is 24.7 Å². The van der Waals surface area contributed by atoms with Crippen LogP contribution < -0.4 is 15.8 Å². The molecule has 30 heavy (non-hydrogen) atoms. The van der Waals surface area contributed by atoms with Crippen molar-refractivity contribution < 1.29 is 4.74 Å². The first-order valence-corrected chi connectivity index (χ1v) is 9.80. The van der Waals surface area contributed by atoms with Crippen LogP contribution in [0.25, 0.3) is 16.7 Å². The van der Waals surface area contributed by atoms with E-state index in [9.17, 15) is 4.79 Å². The summed E-state index contributed by atoms with van der Waals surface area (Å²) in [4.78, 5) is 26.8. The number of ether oxygens (including phenoxy) is 1. The van der Waals surface area contributed by atoms with Gasteiger partial charge >= 0.3 is 0 Å². The van der Waals surface area contributed by atoms with Gasteiger partial charge in [-0.05, 0) is 31.2 Å². The number of morpholine rings is 1. The van der Waals surface area contributed by atoms with E-state index in [0.717, 1.165) is 36.0 Å². The number of rotatable bonds is 4. The van der Waals surface area contributed by atoms with E-state index >= 15 is 0 Å². The van der Waals surface area contributed by atoms with Crippen LogP contribution in [0.1, 0.15) is 5.69 Å². The number of aromatic amines is 1. The fourth-order valence-electron chi connectivity index (χ4n) is 3.51.